The van der Waals surface area contributed by atoms with E-state index in [-0.39, 0.29) is 5.56 Å². The number of hydrogen-bond donors (Lipinski definition) is 2. The van der Waals surface area contributed by atoms with Gasteiger partial charge in [-0.15, -0.1) is 0 Å². The molecule has 7 nitrogen and oxygen atoms in total. The molecule has 2 N–H and O–H groups in total. The van der Waals surface area contributed by atoms with E-state index < -0.39 is 5.97 Å². The second-order valence-electron chi connectivity index (χ2n) is 6.94. The largest absolute Gasteiger partial charge is 0.496 e. The van der Waals surface area contributed by atoms with Crippen LogP contribution in [-0.4, -0.2) is 42.3 Å². The number of rotatable bonds is 6. The minimum Gasteiger partial charge on any atom is -0.496 e. The summed E-state index contributed by atoms with van der Waals surface area (Å²) in [6.07, 6.45) is 1.74. The number of aromatic nitrogens is 2. The molecule has 0 radical (unpaired) electrons. The lowest BCUT2D eigenvalue weighted by Crippen LogP contribution is -2.01. The van der Waals surface area contributed by atoms with Crippen LogP contribution in [0.15, 0.2) is 54.7 Å². The summed E-state index contributed by atoms with van der Waals surface area (Å²) in [4.78, 5) is 20.5. The summed E-state index contributed by atoms with van der Waals surface area (Å²) >= 11 is 6.26. The van der Waals surface area contributed by atoms with Gasteiger partial charge in [0.15, 0.2) is 5.75 Å². The quantitative estimate of drug-likeness (QED) is 0.408. The number of fused-ring (bicyclic) bond motifs is 1. The van der Waals surface area contributed by atoms with Crippen molar-refractivity contribution in [1.82, 2.24) is 9.97 Å². The Morgan fingerprint density at radius 1 is 1.03 bits per heavy atom. The van der Waals surface area contributed by atoms with Crippen molar-refractivity contribution in [1.29, 1.82) is 0 Å². The Hall–Kier alpha value is -3.84. The Morgan fingerprint density at radius 3 is 2.50 bits per heavy atom. The van der Waals surface area contributed by atoms with E-state index in [1.165, 1.54) is 19.2 Å². The number of carboxylic acid groups (broad SMARTS) is 1. The average molecular weight is 450 g/mol. The van der Waals surface area contributed by atoms with Crippen LogP contribution in [0.25, 0.3) is 33.2 Å². The summed E-state index contributed by atoms with van der Waals surface area (Å²) in [7, 11) is 4.80. The summed E-state index contributed by atoms with van der Waals surface area (Å²) in [6, 6.07) is 14.2. The lowest BCUT2D eigenvalue weighted by molar-refractivity contribution is 0.0696. The minimum absolute atomic E-state index is 0.125. The molecule has 162 valence electrons. The van der Waals surface area contributed by atoms with E-state index in [9.17, 15) is 9.90 Å². The fourth-order valence-corrected chi connectivity index (χ4v) is 3.83. The monoisotopic (exact) mass is 449 g/mol. The summed E-state index contributed by atoms with van der Waals surface area (Å²) in [5.74, 6) is 0.332. The second-order valence-corrected chi connectivity index (χ2v) is 7.38. The van der Waals surface area contributed by atoms with Gasteiger partial charge in [-0.05, 0) is 47.5 Å². The van der Waals surface area contributed by atoms with Crippen LogP contribution in [0, 0.1) is 0 Å². The molecule has 3 aromatic carbocycles. The predicted molar refractivity (Wildman–Crippen MR) is 125 cm³/mol. The first-order valence-corrected chi connectivity index (χ1v) is 10.1. The number of anilines is 1. The van der Waals surface area contributed by atoms with E-state index in [2.05, 4.69) is 15.3 Å². The van der Waals surface area contributed by atoms with Crippen molar-refractivity contribution >= 4 is 34.4 Å². The highest BCUT2D eigenvalue weighted by molar-refractivity contribution is 6.31. The Labute approximate surface area is 189 Å². The molecule has 0 bridgehead atoms. The van der Waals surface area contributed by atoms with Crippen molar-refractivity contribution in [3.05, 3.63) is 65.3 Å². The molecule has 0 amide bonds. The molecule has 1 heterocycles. The maximum Gasteiger partial charge on any atom is 0.335 e. The third-order valence-corrected chi connectivity index (χ3v) is 5.36. The van der Waals surface area contributed by atoms with E-state index in [0.29, 0.717) is 39.1 Å². The summed E-state index contributed by atoms with van der Waals surface area (Å²) in [5.41, 5.74) is 3.83. The molecule has 4 rings (SSSR count). The fraction of sp³-hybridized carbons (Fsp3) is 0.125. The molecule has 0 fully saturated rings. The van der Waals surface area contributed by atoms with Crippen LogP contribution >= 0.6 is 11.6 Å². The zero-order valence-electron chi connectivity index (χ0n) is 17.6. The van der Waals surface area contributed by atoms with Crippen LogP contribution in [0.2, 0.25) is 5.02 Å². The lowest BCUT2D eigenvalue weighted by Gasteiger charge is -2.18. The Kier molecular flexibility index (Phi) is 5.83. The molecular weight excluding hydrogens is 430 g/mol. The molecule has 0 atom stereocenters. The molecule has 0 saturated carbocycles. The van der Waals surface area contributed by atoms with Crippen LogP contribution in [0.5, 0.6) is 11.5 Å². The molecule has 32 heavy (non-hydrogen) atoms. The first kappa shape index (κ1) is 21.4. The van der Waals surface area contributed by atoms with E-state index in [1.807, 2.05) is 24.3 Å². The van der Waals surface area contributed by atoms with Crippen molar-refractivity contribution < 1.29 is 19.4 Å². The topological polar surface area (TPSA) is 93.6 Å². The molecule has 0 aliphatic carbocycles. The van der Waals surface area contributed by atoms with Crippen molar-refractivity contribution in [3.63, 3.8) is 0 Å². The van der Waals surface area contributed by atoms with Crippen LogP contribution in [0.1, 0.15) is 10.4 Å². The van der Waals surface area contributed by atoms with Crippen LogP contribution in [0.4, 0.5) is 5.95 Å². The van der Waals surface area contributed by atoms with E-state index in [0.717, 1.165) is 16.5 Å². The van der Waals surface area contributed by atoms with Gasteiger partial charge in [-0.3, -0.25) is 0 Å². The minimum atomic E-state index is -1.04. The van der Waals surface area contributed by atoms with Gasteiger partial charge in [0.05, 0.1) is 19.8 Å². The molecule has 0 spiro atoms. The molecule has 0 unspecified atom stereocenters. The number of nitrogens with one attached hydrogen (secondary N) is 1. The number of ether oxygens (including phenoxy) is 2. The van der Waals surface area contributed by atoms with Crippen LogP contribution < -0.4 is 14.8 Å². The van der Waals surface area contributed by atoms with Gasteiger partial charge in [0.25, 0.3) is 0 Å². The number of aromatic carboxylic acids is 1. The summed E-state index contributed by atoms with van der Waals surface area (Å²) in [6.45, 7) is 0. The molecular formula is C24H20ClN3O4. The van der Waals surface area contributed by atoms with Crippen molar-refractivity contribution in [2.75, 3.05) is 26.6 Å². The number of methoxy groups -OCH3 is 2. The number of hydrogen-bond acceptors (Lipinski definition) is 6. The van der Waals surface area contributed by atoms with Gasteiger partial charge >= 0.3 is 5.97 Å². The highest BCUT2D eigenvalue weighted by atomic mass is 35.5. The van der Waals surface area contributed by atoms with E-state index in [4.69, 9.17) is 21.1 Å². The number of carbonyl (C=O) groups is 1. The molecule has 0 saturated heterocycles. The molecule has 0 aliphatic heterocycles. The number of nitrogens with zero attached hydrogens (tertiary/aromatic N) is 2. The third kappa shape index (κ3) is 3.78. The molecule has 4 aromatic rings. The molecule has 8 heteroatoms. The van der Waals surface area contributed by atoms with E-state index >= 15 is 0 Å². The maximum absolute atomic E-state index is 11.4. The normalized spacial score (nSPS) is 10.8. The SMILES string of the molecule is CNc1ncc2c(-c3cccc(Cl)c3)cc(-c3ccc(C(=O)O)cc3OC)c(OC)c2n1. The summed E-state index contributed by atoms with van der Waals surface area (Å²) < 4.78 is 11.3. The lowest BCUT2D eigenvalue weighted by atomic mass is 9.93. The van der Waals surface area contributed by atoms with Crippen LogP contribution in [0.3, 0.4) is 0 Å². The maximum atomic E-state index is 11.4. The van der Waals surface area contributed by atoms with Crippen molar-refractivity contribution in [2.24, 2.45) is 0 Å². The Balaban J connectivity index is 2.10. The zero-order valence-corrected chi connectivity index (χ0v) is 18.4. The molecule has 0 aliphatic rings. The number of halogens is 1. The average Bonchev–Trinajstić information content (AvgIpc) is 2.82. The number of benzene rings is 3. The standard InChI is InChI=1S/C24H20ClN3O4/c1-26-24-27-12-19-17(13-5-4-6-15(25)9-13)11-18(22(32-3)21(19)28-24)16-8-7-14(23(29)30)10-20(16)31-2/h4-12H,1-3H3,(H,29,30)(H,26,27,28). The van der Waals surface area contributed by atoms with Crippen LogP contribution in [-0.2, 0) is 0 Å². The Morgan fingerprint density at radius 2 is 1.84 bits per heavy atom. The summed E-state index contributed by atoms with van der Waals surface area (Å²) in [5, 5.41) is 13.7. The first-order chi connectivity index (χ1) is 15.5. The van der Waals surface area contributed by atoms with Gasteiger partial charge in [0.1, 0.15) is 11.3 Å². The van der Waals surface area contributed by atoms with Gasteiger partial charge in [0.2, 0.25) is 5.95 Å². The van der Waals surface area contributed by atoms with Crippen molar-refractivity contribution in [3.8, 4) is 33.8 Å². The fourth-order valence-electron chi connectivity index (χ4n) is 3.64. The van der Waals surface area contributed by atoms with Crippen molar-refractivity contribution in [2.45, 2.75) is 0 Å². The zero-order chi connectivity index (χ0) is 22.8. The van der Waals surface area contributed by atoms with Gasteiger partial charge in [-0.1, -0.05) is 23.7 Å². The van der Waals surface area contributed by atoms with Gasteiger partial charge in [-0.25, -0.2) is 14.8 Å². The van der Waals surface area contributed by atoms with Gasteiger partial charge in [0, 0.05) is 34.8 Å². The Bertz CT molecular complexity index is 1340. The highest BCUT2D eigenvalue weighted by Crippen LogP contribution is 2.44. The third-order valence-electron chi connectivity index (χ3n) is 5.13. The first-order valence-electron chi connectivity index (χ1n) is 9.70. The van der Waals surface area contributed by atoms with Gasteiger partial charge < -0.3 is 19.9 Å². The molecule has 1 aromatic heterocycles. The predicted octanol–water partition coefficient (Wildman–Crippen LogP) is 5.37. The van der Waals surface area contributed by atoms with Gasteiger partial charge in [-0.2, -0.15) is 0 Å². The second kappa shape index (κ2) is 8.72. The smallest absolute Gasteiger partial charge is 0.335 e. The number of carboxylic acids is 1. The highest BCUT2D eigenvalue weighted by Gasteiger charge is 2.21. The van der Waals surface area contributed by atoms with E-state index in [1.54, 1.807) is 32.5 Å².